The summed E-state index contributed by atoms with van der Waals surface area (Å²) in [4.78, 5) is 14.3. The van der Waals surface area contributed by atoms with E-state index in [1.807, 2.05) is 6.92 Å². The number of hydrogen-bond donors (Lipinski definition) is 2. The van der Waals surface area contributed by atoms with Crippen molar-refractivity contribution in [3.8, 4) is 0 Å². The fourth-order valence-corrected chi connectivity index (χ4v) is 2.97. The van der Waals surface area contributed by atoms with Crippen LogP contribution in [0.25, 0.3) is 0 Å². The predicted octanol–water partition coefficient (Wildman–Crippen LogP) is 3.89. The van der Waals surface area contributed by atoms with Crippen LogP contribution >= 0.6 is 11.6 Å². The molecule has 1 aromatic carbocycles. The van der Waals surface area contributed by atoms with Crippen LogP contribution in [0.2, 0.25) is 5.02 Å². The number of aliphatic hydroxyl groups excluding tert-OH is 1. The highest BCUT2D eigenvalue weighted by molar-refractivity contribution is 6.30. The Kier molecular flexibility index (Phi) is 5.88. The molecule has 0 saturated heterocycles. The predicted molar refractivity (Wildman–Crippen MR) is 85.7 cm³/mol. The van der Waals surface area contributed by atoms with Crippen LogP contribution in [0.4, 0.5) is 10.5 Å². The SMILES string of the molecule is CCCN(C(=O)Nc1ccc(Cl)cc1)C1CCCCC1O. The third-order valence-corrected chi connectivity index (χ3v) is 4.17. The summed E-state index contributed by atoms with van der Waals surface area (Å²) < 4.78 is 0. The monoisotopic (exact) mass is 310 g/mol. The topological polar surface area (TPSA) is 52.6 Å². The van der Waals surface area contributed by atoms with Crippen molar-refractivity contribution in [1.82, 2.24) is 4.90 Å². The first-order valence-electron chi connectivity index (χ1n) is 7.63. The highest BCUT2D eigenvalue weighted by atomic mass is 35.5. The zero-order valence-corrected chi connectivity index (χ0v) is 13.1. The first kappa shape index (κ1) is 16.1. The minimum atomic E-state index is -0.415. The summed E-state index contributed by atoms with van der Waals surface area (Å²) >= 11 is 5.85. The number of urea groups is 1. The van der Waals surface area contributed by atoms with E-state index in [2.05, 4.69) is 5.32 Å². The molecule has 4 nitrogen and oxygen atoms in total. The van der Waals surface area contributed by atoms with Gasteiger partial charge in [-0.1, -0.05) is 31.4 Å². The molecule has 1 fully saturated rings. The summed E-state index contributed by atoms with van der Waals surface area (Å²) in [5.41, 5.74) is 0.718. The molecule has 21 heavy (non-hydrogen) atoms. The average Bonchev–Trinajstić information content (AvgIpc) is 2.48. The maximum atomic E-state index is 12.5. The molecule has 2 amide bonds. The van der Waals surface area contributed by atoms with Gasteiger partial charge in [0.2, 0.25) is 0 Å². The zero-order valence-electron chi connectivity index (χ0n) is 12.4. The molecule has 0 spiro atoms. The number of carbonyl (C=O) groups is 1. The van der Waals surface area contributed by atoms with Crippen LogP contribution in [-0.2, 0) is 0 Å². The highest BCUT2D eigenvalue weighted by Gasteiger charge is 2.31. The van der Waals surface area contributed by atoms with Crippen molar-refractivity contribution < 1.29 is 9.90 Å². The number of aliphatic hydroxyl groups is 1. The van der Waals surface area contributed by atoms with Gasteiger partial charge in [-0.3, -0.25) is 0 Å². The van der Waals surface area contributed by atoms with Gasteiger partial charge < -0.3 is 15.3 Å². The Bertz CT molecular complexity index is 464. The zero-order chi connectivity index (χ0) is 15.2. The third-order valence-electron chi connectivity index (χ3n) is 3.92. The molecule has 0 aliphatic heterocycles. The quantitative estimate of drug-likeness (QED) is 0.886. The molecule has 1 aliphatic rings. The summed E-state index contributed by atoms with van der Waals surface area (Å²) in [5.74, 6) is 0. The minimum absolute atomic E-state index is 0.0778. The fraction of sp³-hybridized carbons (Fsp3) is 0.562. The van der Waals surface area contributed by atoms with Gasteiger partial charge in [-0.05, 0) is 43.5 Å². The Hall–Kier alpha value is -1.26. The van der Waals surface area contributed by atoms with Crippen molar-refractivity contribution in [3.05, 3.63) is 29.3 Å². The second-order valence-electron chi connectivity index (χ2n) is 5.55. The van der Waals surface area contributed by atoms with E-state index < -0.39 is 6.10 Å². The van der Waals surface area contributed by atoms with Crippen molar-refractivity contribution in [1.29, 1.82) is 0 Å². The number of anilines is 1. The Morgan fingerprint density at radius 1 is 1.33 bits per heavy atom. The Labute approximate surface area is 131 Å². The maximum Gasteiger partial charge on any atom is 0.322 e. The summed E-state index contributed by atoms with van der Waals surface area (Å²) in [6, 6.07) is 6.83. The second kappa shape index (κ2) is 7.66. The lowest BCUT2D eigenvalue weighted by Gasteiger charge is -2.37. The van der Waals surface area contributed by atoms with E-state index in [1.165, 1.54) is 0 Å². The van der Waals surface area contributed by atoms with E-state index in [-0.39, 0.29) is 12.1 Å². The number of amides is 2. The van der Waals surface area contributed by atoms with Gasteiger partial charge in [0, 0.05) is 17.3 Å². The first-order chi connectivity index (χ1) is 10.1. The maximum absolute atomic E-state index is 12.5. The Morgan fingerprint density at radius 3 is 2.62 bits per heavy atom. The van der Waals surface area contributed by atoms with Crippen LogP contribution in [0.15, 0.2) is 24.3 Å². The summed E-state index contributed by atoms with van der Waals surface area (Å²) in [6.45, 7) is 2.69. The number of benzene rings is 1. The van der Waals surface area contributed by atoms with Crippen LogP contribution in [0.3, 0.4) is 0 Å². The Balaban J connectivity index is 2.05. The van der Waals surface area contributed by atoms with Gasteiger partial charge in [0.05, 0.1) is 12.1 Å². The normalized spacial score (nSPS) is 21.9. The van der Waals surface area contributed by atoms with E-state index >= 15 is 0 Å². The molecular weight excluding hydrogens is 288 g/mol. The van der Waals surface area contributed by atoms with Gasteiger partial charge in [0.25, 0.3) is 0 Å². The van der Waals surface area contributed by atoms with E-state index in [0.29, 0.717) is 11.6 Å². The number of nitrogens with one attached hydrogen (secondary N) is 1. The largest absolute Gasteiger partial charge is 0.391 e. The molecule has 0 aromatic heterocycles. The van der Waals surface area contributed by atoms with Crippen molar-refractivity contribution in [2.75, 3.05) is 11.9 Å². The number of rotatable bonds is 4. The number of hydrogen-bond acceptors (Lipinski definition) is 2. The van der Waals surface area contributed by atoms with E-state index in [0.717, 1.165) is 37.8 Å². The molecule has 0 heterocycles. The van der Waals surface area contributed by atoms with E-state index in [9.17, 15) is 9.90 Å². The first-order valence-corrected chi connectivity index (χ1v) is 8.01. The molecule has 2 rings (SSSR count). The van der Waals surface area contributed by atoms with Gasteiger partial charge in [-0.15, -0.1) is 0 Å². The highest BCUT2D eigenvalue weighted by Crippen LogP contribution is 2.24. The van der Waals surface area contributed by atoms with Crippen LogP contribution in [0, 0.1) is 0 Å². The summed E-state index contributed by atoms with van der Waals surface area (Å²) in [5, 5.41) is 13.7. The average molecular weight is 311 g/mol. The van der Waals surface area contributed by atoms with E-state index in [1.54, 1.807) is 29.2 Å². The van der Waals surface area contributed by atoms with Crippen molar-refractivity contribution in [3.63, 3.8) is 0 Å². The number of halogens is 1. The molecule has 0 bridgehead atoms. The van der Waals surface area contributed by atoms with Gasteiger partial charge in [0.1, 0.15) is 0 Å². The molecule has 2 atom stereocenters. The van der Waals surface area contributed by atoms with Gasteiger partial charge in [0.15, 0.2) is 0 Å². The van der Waals surface area contributed by atoms with Crippen LogP contribution < -0.4 is 5.32 Å². The van der Waals surface area contributed by atoms with Gasteiger partial charge >= 0.3 is 6.03 Å². The number of nitrogens with zero attached hydrogens (tertiary/aromatic N) is 1. The molecule has 5 heteroatoms. The molecule has 2 N–H and O–H groups in total. The van der Waals surface area contributed by atoms with Crippen molar-refractivity contribution >= 4 is 23.3 Å². The summed E-state index contributed by atoms with van der Waals surface area (Å²) in [6.07, 6.45) is 4.21. The summed E-state index contributed by atoms with van der Waals surface area (Å²) in [7, 11) is 0. The standard InChI is InChI=1S/C16H23ClN2O2/c1-2-11-19(14-5-3-4-6-15(14)20)16(21)18-13-9-7-12(17)8-10-13/h7-10,14-15,20H,2-6,11H2,1H3,(H,18,21). The van der Waals surface area contributed by atoms with Crippen LogP contribution in [0.5, 0.6) is 0 Å². The van der Waals surface area contributed by atoms with Crippen LogP contribution in [-0.4, -0.2) is 34.7 Å². The molecule has 1 aliphatic carbocycles. The Morgan fingerprint density at radius 2 is 2.00 bits per heavy atom. The molecule has 0 radical (unpaired) electrons. The lowest BCUT2D eigenvalue weighted by atomic mass is 9.91. The van der Waals surface area contributed by atoms with E-state index in [4.69, 9.17) is 11.6 Å². The fourth-order valence-electron chi connectivity index (χ4n) is 2.84. The molecular formula is C16H23ClN2O2. The smallest absolute Gasteiger partial charge is 0.322 e. The van der Waals surface area contributed by atoms with Gasteiger partial charge in [-0.25, -0.2) is 4.79 Å². The molecule has 1 saturated carbocycles. The molecule has 116 valence electrons. The van der Waals surface area contributed by atoms with Crippen molar-refractivity contribution in [2.45, 2.75) is 51.2 Å². The second-order valence-corrected chi connectivity index (χ2v) is 5.99. The number of carbonyl (C=O) groups excluding carboxylic acids is 1. The lowest BCUT2D eigenvalue weighted by molar-refractivity contribution is 0.0397. The minimum Gasteiger partial charge on any atom is -0.391 e. The molecule has 1 aromatic rings. The van der Waals surface area contributed by atoms with Gasteiger partial charge in [-0.2, -0.15) is 0 Å². The molecule has 2 unspecified atom stereocenters. The lowest BCUT2D eigenvalue weighted by Crippen LogP contribution is -2.50. The third kappa shape index (κ3) is 4.35. The van der Waals surface area contributed by atoms with Crippen molar-refractivity contribution in [2.24, 2.45) is 0 Å². The van der Waals surface area contributed by atoms with Crippen LogP contribution in [0.1, 0.15) is 39.0 Å².